The van der Waals surface area contributed by atoms with Gasteiger partial charge in [-0.3, -0.25) is 4.79 Å². The molecular formula is C23H23FN4O3. The van der Waals surface area contributed by atoms with Crippen molar-refractivity contribution in [1.82, 2.24) is 9.55 Å². The van der Waals surface area contributed by atoms with Crippen molar-refractivity contribution >= 4 is 22.8 Å². The lowest BCUT2D eigenvalue weighted by molar-refractivity contribution is 0.0695. The first-order chi connectivity index (χ1) is 15.0. The maximum absolute atomic E-state index is 13.8. The van der Waals surface area contributed by atoms with Gasteiger partial charge in [0.15, 0.2) is 0 Å². The van der Waals surface area contributed by atoms with E-state index >= 15 is 0 Å². The highest BCUT2D eigenvalue weighted by molar-refractivity contribution is 5.98. The van der Waals surface area contributed by atoms with Gasteiger partial charge >= 0.3 is 5.97 Å². The van der Waals surface area contributed by atoms with Gasteiger partial charge in [0.05, 0.1) is 11.6 Å². The van der Waals surface area contributed by atoms with Gasteiger partial charge < -0.3 is 20.3 Å². The third-order valence-electron chi connectivity index (χ3n) is 6.31. The van der Waals surface area contributed by atoms with Crippen molar-refractivity contribution in [3.05, 3.63) is 69.3 Å². The summed E-state index contributed by atoms with van der Waals surface area (Å²) in [7, 11) is 0. The van der Waals surface area contributed by atoms with Crippen LogP contribution in [0, 0.1) is 5.82 Å². The smallest absolute Gasteiger partial charge is 0.343 e. The minimum absolute atomic E-state index is 0.0114. The Kier molecular flexibility index (Phi) is 4.74. The SMILES string of the molecule is NCc1ccccc1C1CCN(c2c(C(=O)O)c(=O)c3cc(F)cnc3n2C2CC2)C1. The van der Waals surface area contributed by atoms with Crippen LogP contribution in [0.3, 0.4) is 0 Å². The molecule has 3 aromatic rings. The summed E-state index contributed by atoms with van der Waals surface area (Å²) in [6.45, 7) is 1.63. The second-order valence-corrected chi connectivity index (χ2v) is 8.29. The van der Waals surface area contributed by atoms with E-state index in [9.17, 15) is 19.1 Å². The summed E-state index contributed by atoms with van der Waals surface area (Å²) < 4.78 is 15.7. The van der Waals surface area contributed by atoms with Crippen LogP contribution in [0.1, 0.15) is 52.7 Å². The largest absolute Gasteiger partial charge is 0.477 e. The Balaban J connectivity index is 1.67. The van der Waals surface area contributed by atoms with Crippen LogP contribution in [0.4, 0.5) is 10.2 Å². The summed E-state index contributed by atoms with van der Waals surface area (Å²) >= 11 is 0. The summed E-state index contributed by atoms with van der Waals surface area (Å²) in [4.78, 5) is 31.5. The molecule has 3 heterocycles. The van der Waals surface area contributed by atoms with Gasteiger partial charge in [-0.25, -0.2) is 14.2 Å². The van der Waals surface area contributed by atoms with Crippen LogP contribution < -0.4 is 16.1 Å². The molecule has 1 aliphatic heterocycles. The molecule has 8 heteroatoms. The number of nitrogens with zero attached hydrogens (tertiary/aromatic N) is 3. The molecule has 0 amide bonds. The number of rotatable bonds is 5. The van der Waals surface area contributed by atoms with Crippen molar-refractivity contribution in [2.45, 2.75) is 37.8 Å². The van der Waals surface area contributed by atoms with E-state index in [1.54, 1.807) is 0 Å². The number of hydrogen-bond donors (Lipinski definition) is 2. The Labute approximate surface area is 177 Å². The third-order valence-corrected chi connectivity index (χ3v) is 6.31. The second-order valence-electron chi connectivity index (χ2n) is 8.29. The molecule has 0 radical (unpaired) electrons. The number of aromatic nitrogens is 2. The molecule has 1 atom stereocenters. The first kappa shape index (κ1) is 19.7. The molecule has 1 saturated carbocycles. The number of fused-ring (bicyclic) bond motifs is 1. The minimum atomic E-state index is -1.30. The van der Waals surface area contributed by atoms with Crippen LogP contribution in [0.15, 0.2) is 41.3 Å². The van der Waals surface area contributed by atoms with Crippen LogP contribution in [0.25, 0.3) is 11.0 Å². The van der Waals surface area contributed by atoms with Gasteiger partial charge in [0.1, 0.15) is 22.8 Å². The minimum Gasteiger partial charge on any atom is -0.477 e. The van der Waals surface area contributed by atoms with Crippen molar-refractivity contribution in [2.75, 3.05) is 18.0 Å². The van der Waals surface area contributed by atoms with Crippen molar-refractivity contribution in [3.8, 4) is 0 Å². The molecule has 7 nitrogen and oxygen atoms in total. The van der Waals surface area contributed by atoms with Crippen LogP contribution in [0.5, 0.6) is 0 Å². The topological polar surface area (TPSA) is 101 Å². The monoisotopic (exact) mass is 422 g/mol. The number of aromatic carboxylic acids is 1. The number of pyridine rings is 2. The molecule has 2 fully saturated rings. The van der Waals surface area contributed by atoms with E-state index < -0.39 is 17.2 Å². The second kappa shape index (κ2) is 7.46. The van der Waals surface area contributed by atoms with Crippen LogP contribution in [0.2, 0.25) is 0 Å². The number of carboxylic acids is 1. The molecule has 1 aliphatic carbocycles. The summed E-state index contributed by atoms with van der Waals surface area (Å²) in [5.41, 5.74) is 7.50. The molecule has 1 aromatic carbocycles. The van der Waals surface area contributed by atoms with E-state index in [1.807, 2.05) is 27.7 Å². The summed E-state index contributed by atoms with van der Waals surface area (Å²) in [6.07, 6.45) is 3.64. The first-order valence-electron chi connectivity index (χ1n) is 10.5. The number of carboxylic acid groups (broad SMARTS) is 1. The molecule has 0 spiro atoms. The summed E-state index contributed by atoms with van der Waals surface area (Å²) in [6, 6.07) is 9.16. The van der Waals surface area contributed by atoms with Gasteiger partial charge in [-0.1, -0.05) is 24.3 Å². The molecule has 1 saturated heterocycles. The Morgan fingerprint density at radius 3 is 2.74 bits per heavy atom. The predicted molar refractivity (Wildman–Crippen MR) is 115 cm³/mol. The lowest BCUT2D eigenvalue weighted by Crippen LogP contribution is -2.31. The molecular weight excluding hydrogens is 399 g/mol. The van der Waals surface area contributed by atoms with Gasteiger partial charge in [0.2, 0.25) is 5.43 Å². The molecule has 2 aliphatic rings. The van der Waals surface area contributed by atoms with E-state index in [2.05, 4.69) is 11.1 Å². The molecule has 2 aromatic heterocycles. The number of halogens is 1. The average molecular weight is 422 g/mol. The fourth-order valence-corrected chi connectivity index (χ4v) is 4.75. The number of carbonyl (C=O) groups is 1. The van der Waals surface area contributed by atoms with E-state index in [-0.39, 0.29) is 22.9 Å². The molecule has 3 N–H and O–H groups in total. The zero-order valence-electron chi connectivity index (χ0n) is 16.9. The fourth-order valence-electron chi connectivity index (χ4n) is 4.75. The van der Waals surface area contributed by atoms with E-state index in [0.717, 1.165) is 42.7 Å². The Bertz CT molecular complexity index is 1250. The van der Waals surface area contributed by atoms with Gasteiger partial charge in [-0.05, 0) is 36.5 Å². The van der Waals surface area contributed by atoms with Crippen molar-refractivity contribution in [1.29, 1.82) is 0 Å². The normalized spacial score (nSPS) is 18.6. The van der Waals surface area contributed by atoms with Gasteiger partial charge in [-0.15, -0.1) is 0 Å². The standard InChI is InChI=1S/C23H23FN4O3/c24-15-9-18-20(29)19(23(30)31)22(28(16-5-6-16)21(18)26-11-15)27-8-7-14(12-27)17-4-2-1-3-13(17)10-25/h1-4,9,11,14,16H,5-8,10,12,25H2,(H,30,31). The van der Waals surface area contributed by atoms with Crippen molar-refractivity contribution < 1.29 is 14.3 Å². The highest BCUT2D eigenvalue weighted by Crippen LogP contribution is 2.43. The Hall–Kier alpha value is -3.26. The van der Waals surface area contributed by atoms with E-state index in [1.165, 1.54) is 0 Å². The third kappa shape index (κ3) is 3.27. The van der Waals surface area contributed by atoms with Crippen LogP contribution in [-0.4, -0.2) is 33.7 Å². The zero-order chi connectivity index (χ0) is 21.7. The lowest BCUT2D eigenvalue weighted by atomic mass is 9.93. The molecule has 160 valence electrons. The number of nitrogens with two attached hydrogens (primary N) is 1. The maximum atomic E-state index is 13.8. The van der Waals surface area contributed by atoms with Gasteiger partial charge in [0.25, 0.3) is 0 Å². The fraction of sp³-hybridized carbons (Fsp3) is 0.348. The highest BCUT2D eigenvalue weighted by Gasteiger charge is 2.37. The van der Waals surface area contributed by atoms with Crippen molar-refractivity contribution in [3.63, 3.8) is 0 Å². The molecule has 1 unspecified atom stereocenters. The molecule has 0 bridgehead atoms. The Morgan fingerprint density at radius 2 is 2.03 bits per heavy atom. The zero-order valence-corrected chi connectivity index (χ0v) is 16.9. The number of hydrogen-bond acceptors (Lipinski definition) is 5. The van der Waals surface area contributed by atoms with Crippen LogP contribution in [-0.2, 0) is 6.54 Å². The lowest BCUT2D eigenvalue weighted by Gasteiger charge is -2.27. The average Bonchev–Trinajstić information content (AvgIpc) is 3.49. The van der Waals surface area contributed by atoms with E-state index in [4.69, 9.17) is 5.73 Å². The summed E-state index contributed by atoms with van der Waals surface area (Å²) in [5, 5.41) is 9.97. The predicted octanol–water partition coefficient (Wildman–Crippen LogP) is 3.02. The number of anilines is 1. The Morgan fingerprint density at radius 1 is 1.26 bits per heavy atom. The maximum Gasteiger partial charge on any atom is 0.343 e. The molecule has 31 heavy (non-hydrogen) atoms. The number of benzene rings is 1. The van der Waals surface area contributed by atoms with Gasteiger partial charge in [0, 0.05) is 31.6 Å². The van der Waals surface area contributed by atoms with E-state index in [0.29, 0.717) is 31.1 Å². The molecule has 5 rings (SSSR count). The highest BCUT2D eigenvalue weighted by atomic mass is 19.1. The first-order valence-corrected chi connectivity index (χ1v) is 10.5. The van der Waals surface area contributed by atoms with Crippen LogP contribution >= 0.6 is 0 Å². The van der Waals surface area contributed by atoms with Crippen molar-refractivity contribution in [2.24, 2.45) is 5.73 Å². The van der Waals surface area contributed by atoms with Gasteiger partial charge in [-0.2, -0.15) is 0 Å². The summed E-state index contributed by atoms with van der Waals surface area (Å²) in [5.74, 6) is -1.39. The quantitative estimate of drug-likeness (QED) is 0.655.